The first-order chi connectivity index (χ1) is 9.54. The number of rotatable bonds is 3. The fourth-order valence-corrected chi connectivity index (χ4v) is 1.98. The van der Waals surface area contributed by atoms with Crippen molar-refractivity contribution in [1.82, 2.24) is 0 Å². The number of halogens is 3. The zero-order valence-electron chi connectivity index (χ0n) is 10.2. The summed E-state index contributed by atoms with van der Waals surface area (Å²) in [5.41, 5.74) is 1.35. The second kappa shape index (κ2) is 6.80. The summed E-state index contributed by atoms with van der Waals surface area (Å²) in [6.07, 6.45) is 3.10. The third kappa shape index (κ3) is 4.27. The molecule has 0 aliphatic rings. The van der Waals surface area contributed by atoms with E-state index in [0.717, 1.165) is 5.56 Å². The van der Waals surface area contributed by atoms with Gasteiger partial charge in [0.15, 0.2) is 0 Å². The maximum absolute atomic E-state index is 11.8. The molecule has 0 atom stereocenters. The van der Waals surface area contributed by atoms with Crippen LogP contribution in [0.2, 0.25) is 15.1 Å². The van der Waals surface area contributed by atoms with Gasteiger partial charge in [-0.1, -0.05) is 46.9 Å². The molecular weight excluding hydrogens is 317 g/mol. The Morgan fingerprint density at radius 2 is 1.60 bits per heavy atom. The minimum Gasteiger partial charge on any atom is -0.321 e. The van der Waals surface area contributed by atoms with Gasteiger partial charge in [-0.25, -0.2) is 0 Å². The van der Waals surface area contributed by atoms with Crippen molar-refractivity contribution < 1.29 is 4.79 Å². The first-order valence-electron chi connectivity index (χ1n) is 5.74. The van der Waals surface area contributed by atoms with Crippen LogP contribution in [-0.2, 0) is 4.79 Å². The summed E-state index contributed by atoms with van der Waals surface area (Å²) >= 11 is 17.6. The van der Waals surface area contributed by atoms with Crippen LogP contribution in [0.4, 0.5) is 5.69 Å². The smallest absolute Gasteiger partial charge is 0.248 e. The normalized spacial score (nSPS) is 10.8. The molecule has 0 aromatic heterocycles. The maximum Gasteiger partial charge on any atom is 0.248 e. The lowest BCUT2D eigenvalue weighted by atomic mass is 10.2. The molecule has 2 aromatic carbocycles. The summed E-state index contributed by atoms with van der Waals surface area (Å²) in [6.45, 7) is 0. The Kier molecular flexibility index (Phi) is 5.07. The second-order valence-electron chi connectivity index (χ2n) is 4.00. The van der Waals surface area contributed by atoms with Gasteiger partial charge in [-0.05, 0) is 42.0 Å². The Hall–Kier alpha value is -1.48. The molecule has 0 aliphatic heterocycles. The third-order valence-corrected chi connectivity index (χ3v) is 3.30. The van der Waals surface area contributed by atoms with Gasteiger partial charge in [-0.3, -0.25) is 4.79 Å². The average molecular weight is 327 g/mol. The van der Waals surface area contributed by atoms with Crippen LogP contribution in [0.25, 0.3) is 6.08 Å². The van der Waals surface area contributed by atoms with E-state index in [-0.39, 0.29) is 5.91 Å². The Balaban J connectivity index is 2.05. The SMILES string of the molecule is O=C(C=Cc1ccc(Cl)cc1)Nc1cc(Cl)ccc1Cl. The average Bonchev–Trinajstić information content (AvgIpc) is 2.42. The highest BCUT2D eigenvalue weighted by Crippen LogP contribution is 2.25. The zero-order chi connectivity index (χ0) is 14.5. The van der Waals surface area contributed by atoms with Gasteiger partial charge in [0.1, 0.15) is 0 Å². The Morgan fingerprint density at radius 3 is 2.30 bits per heavy atom. The summed E-state index contributed by atoms with van der Waals surface area (Å²) in [4.78, 5) is 11.8. The summed E-state index contributed by atoms with van der Waals surface area (Å²) in [6, 6.07) is 12.0. The molecule has 2 aromatic rings. The van der Waals surface area contributed by atoms with Gasteiger partial charge in [0, 0.05) is 16.1 Å². The molecule has 0 saturated carbocycles. The van der Waals surface area contributed by atoms with Gasteiger partial charge >= 0.3 is 0 Å². The van der Waals surface area contributed by atoms with E-state index in [9.17, 15) is 4.79 Å². The van der Waals surface area contributed by atoms with Gasteiger partial charge < -0.3 is 5.32 Å². The number of anilines is 1. The molecule has 0 unspecified atom stereocenters. The molecule has 1 amide bonds. The first-order valence-corrected chi connectivity index (χ1v) is 6.88. The highest BCUT2D eigenvalue weighted by atomic mass is 35.5. The summed E-state index contributed by atoms with van der Waals surface area (Å²) in [7, 11) is 0. The van der Waals surface area contributed by atoms with Gasteiger partial charge in [-0.15, -0.1) is 0 Å². The number of amides is 1. The van der Waals surface area contributed by atoms with Crippen molar-refractivity contribution in [3.8, 4) is 0 Å². The highest BCUT2D eigenvalue weighted by molar-refractivity contribution is 6.35. The molecule has 0 spiro atoms. The zero-order valence-corrected chi connectivity index (χ0v) is 12.5. The second-order valence-corrected chi connectivity index (χ2v) is 5.28. The molecule has 0 bridgehead atoms. The van der Waals surface area contributed by atoms with Crippen LogP contribution in [0.1, 0.15) is 5.56 Å². The molecule has 0 saturated heterocycles. The van der Waals surface area contributed by atoms with E-state index in [1.807, 2.05) is 12.1 Å². The standard InChI is InChI=1S/C15H10Cl3NO/c16-11-4-1-10(2-5-11)3-8-15(20)19-14-9-12(17)6-7-13(14)18/h1-9H,(H,19,20). The van der Waals surface area contributed by atoms with Crippen molar-refractivity contribution in [2.75, 3.05) is 5.32 Å². The molecule has 1 N–H and O–H groups in total. The summed E-state index contributed by atoms with van der Waals surface area (Å²) in [5.74, 6) is -0.288. The highest BCUT2D eigenvalue weighted by Gasteiger charge is 2.03. The molecule has 2 nitrogen and oxygen atoms in total. The largest absolute Gasteiger partial charge is 0.321 e. The first kappa shape index (κ1) is 14.9. The number of hydrogen-bond acceptors (Lipinski definition) is 1. The van der Waals surface area contributed by atoms with Crippen molar-refractivity contribution in [3.63, 3.8) is 0 Å². The van der Waals surface area contributed by atoms with Gasteiger partial charge in [-0.2, -0.15) is 0 Å². The molecule has 0 fully saturated rings. The van der Waals surface area contributed by atoms with E-state index in [1.165, 1.54) is 6.08 Å². The van der Waals surface area contributed by atoms with Crippen LogP contribution in [0.3, 0.4) is 0 Å². The Morgan fingerprint density at radius 1 is 0.950 bits per heavy atom. The molecule has 2 rings (SSSR count). The third-order valence-electron chi connectivity index (χ3n) is 2.48. The van der Waals surface area contributed by atoms with Gasteiger partial charge in [0.05, 0.1) is 10.7 Å². The van der Waals surface area contributed by atoms with Gasteiger partial charge in [0.2, 0.25) is 5.91 Å². The number of benzene rings is 2. The Bertz CT molecular complexity index is 651. The number of carbonyl (C=O) groups is 1. The van der Waals surface area contributed by atoms with E-state index < -0.39 is 0 Å². The van der Waals surface area contributed by atoms with Crippen LogP contribution in [0.15, 0.2) is 48.5 Å². The van der Waals surface area contributed by atoms with E-state index >= 15 is 0 Å². The quantitative estimate of drug-likeness (QED) is 0.762. The molecule has 102 valence electrons. The van der Waals surface area contributed by atoms with Crippen LogP contribution < -0.4 is 5.32 Å². The Labute approximate surface area is 132 Å². The molecule has 0 aliphatic carbocycles. The topological polar surface area (TPSA) is 29.1 Å². The van der Waals surface area contributed by atoms with Crippen molar-refractivity contribution in [1.29, 1.82) is 0 Å². The van der Waals surface area contributed by atoms with Crippen molar-refractivity contribution in [2.45, 2.75) is 0 Å². The van der Waals surface area contributed by atoms with Crippen LogP contribution in [-0.4, -0.2) is 5.91 Å². The maximum atomic E-state index is 11.8. The minimum atomic E-state index is -0.288. The monoisotopic (exact) mass is 325 g/mol. The molecule has 0 heterocycles. The molecule has 20 heavy (non-hydrogen) atoms. The number of nitrogens with one attached hydrogen (secondary N) is 1. The van der Waals surface area contributed by atoms with E-state index in [4.69, 9.17) is 34.8 Å². The van der Waals surface area contributed by atoms with Crippen LogP contribution >= 0.6 is 34.8 Å². The minimum absolute atomic E-state index is 0.288. The lowest BCUT2D eigenvalue weighted by Gasteiger charge is -2.05. The molecular formula is C15H10Cl3NO. The van der Waals surface area contributed by atoms with Crippen molar-refractivity contribution in [2.24, 2.45) is 0 Å². The van der Waals surface area contributed by atoms with Gasteiger partial charge in [0.25, 0.3) is 0 Å². The fraction of sp³-hybridized carbons (Fsp3) is 0. The summed E-state index contributed by atoms with van der Waals surface area (Å²) < 4.78 is 0. The molecule has 5 heteroatoms. The summed E-state index contributed by atoms with van der Waals surface area (Å²) in [5, 5.41) is 4.25. The van der Waals surface area contributed by atoms with Crippen molar-refractivity contribution in [3.05, 3.63) is 69.2 Å². The van der Waals surface area contributed by atoms with Crippen LogP contribution in [0, 0.1) is 0 Å². The van der Waals surface area contributed by atoms with Crippen molar-refractivity contribution >= 4 is 52.5 Å². The molecule has 0 radical (unpaired) electrons. The fourth-order valence-electron chi connectivity index (χ4n) is 1.51. The number of hydrogen-bond donors (Lipinski definition) is 1. The lowest BCUT2D eigenvalue weighted by molar-refractivity contribution is -0.111. The van der Waals surface area contributed by atoms with E-state index in [1.54, 1.807) is 36.4 Å². The predicted molar refractivity (Wildman–Crippen MR) is 85.6 cm³/mol. The number of carbonyl (C=O) groups excluding carboxylic acids is 1. The predicted octanol–water partition coefficient (Wildman–Crippen LogP) is 5.30. The lowest BCUT2D eigenvalue weighted by Crippen LogP contribution is -2.08. The van der Waals surface area contributed by atoms with E-state index in [2.05, 4.69) is 5.32 Å². The van der Waals surface area contributed by atoms with E-state index in [0.29, 0.717) is 20.8 Å². The van der Waals surface area contributed by atoms with Crippen LogP contribution in [0.5, 0.6) is 0 Å².